The van der Waals surface area contributed by atoms with Crippen molar-refractivity contribution < 1.29 is 19.7 Å². The molecular formula is C11H15NO4. The van der Waals surface area contributed by atoms with Crippen LogP contribution in [0.5, 0.6) is 11.5 Å². The van der Waals surface area contributed by atoms with Gasteiger partial charge in [-0.3, -0.25) is 0 Å². The molecule has 0 aliphatic carbocycles. The maximum Gasteiger partial charge on any atom is 0.339 e. The van der Waals surface area contributed by atoms with Gasteiger partial charge in [-0.25, -0.2) is 4.79 Å². The monoisotopic (exact) mass is 225 g/mol. The van der Waals surface area contributed by atoms with E-state index in [1.165, 1.54) is 13.2 Å². The van der Waals surface area contributed by atoms with Gasteiger partial charge in [-0.1, -0.05) is 6.92 Å². The first kappa shape index (κ1) is 12.3. The highest BCUT2D eigenvalue weighted by Crippen LogP contribution is 2.33. The van der Waals surface area contributed by atoms with Crippen LogP contribution in [0.4, 0.5) is 0 Å². The molecule has 1 atom stereocenters. The van der Waals surface area contributed by atoms with Crippen molar-refractivity contribution in [3.63, 3.8) is 0 Å². The maximum atomic E-state index is 10.9. The Balaban J connectivity index is 3.34. The average molecular weight is 225 g/mol. The number of ether oxygens (including phenoxy) is 1. The Morgan fingerprint density at radius 1 is 1.56 bits per heavy atom. The van der Waals surface area contributed by atoms with Crippen molar-refractivity contribution >= 4 is 5.97 Å². The standard InChI is InChI=1S/C11H15NO4/c1-6(5-12)7-3-8(11(14)15)10(13)9(4-7)16-2/h3-4,6,13H,5,12H2,1-2H3,(H,14,15). The van der Waals surface area contributed by atoms with Crippen LogP contribution < -0.4 is 10.5 Å². The molecule has 1 aromatic rings. The van der Waals surface area contributed by atoms with Crippen LogP contribution in [0.25, 0.3) is 0 Å². The second-order valence-electron chi connectivity index (χ2n) is 3.56. The van der Waals surface area contributed by atoms with E-state index >= 15 is 0 Å². The number of carboxylic acid groups (broad SMARTS) is 1. The van der Waals surface area contributed by atoms with Gasteiger partial charge in [0.15, 0.2) is 11.5 Å². The second-order valence-corrected chi connectivity index (χ2v) is 3.56. The van der Waals surface area contributed by atoms with Crippen LogP contribution in [0, 0.1) is 0 Å². The fourth-order valence-corrected chi connectivity index (χ4v) is 1.37. The lowest BCUT2D eigenvalue weighted by atomic mass is 9.98. The number of phenols is 1. The van der Waals surface area contributed by atoms with E-state index in [4.69, 9.17) is 15.6 Å². The van der Waals surface area contributed by atoms with Gasteiger partial charge in [0.2, 0.25) is 0 Å². The first-order valence-corrected chi connectivity index (χ1v) is 4.85. The summed E-state index contributed by atoms with van der Waals surface area (Å²) in [5.74, 6) is -1.40. The highest BCUT2D eigenvalue weighted by Gasteiger charge is 2.17. The Labute approximate surface area is 93.5 Å². The molecule has 0 saturated carbocycles. The molecule has 0 fully saturated rings. The number of benzene rings is 1. The Morgan fingerprint density at radius 3 is 2.62 bits per heavy atom. The molecular weight excluding hydrogens is 210 g/mol. The van der Waals surface area contributed by atoms with Crippen LogP contribution in [0.15, 0.2) is 12.1 Å². The molecule has 0 bridgehead atoms. The predicted octanol–water partition coefficient (Wildman–Crippen LogP) is 1.16. The minimum absolute atomic E-state index is 0.00704. The highest BCUT2D eigenvalue weighted by atomic mass is 16.5. The molecule has 16 heavy (non-hydrogen) atoms. The van der Waals surface area contributed by atoms with Crippen molar-refractivity contribution in [1.82, 2.24) is 0 Å². The fourth-order valence-electron chi connectivity index (χ4n) is 1.37. The van der Waals surface area contributed by atoms with Gasteiger partial charge < -0.3 is 20.7 Å². The summed E-state index contributed by atoms with van der Waals surface area (Å²) < 4.78 is 4.92. The molecule has 0 aliphatic rings. The molecule has 1 aromatic carbocycles. The van der Waals surface area contributed by atoms with Gasteiger partial charge in [0.25, 0.3) is 0 Å². The Morgan fingerprint density at radius 2 is 2.19 bits per heavy atom. The molecule has 0 spiro atoms. The van der Waals surface area contributed by atoms with E-state index in [-0.39, 0.29) is 23.0 Å². The summed E-state index contributed by atoms with van der Waals surface area (Å²) in [6.07, 6.45) is 0. The molecule has 0 aliphatic heterocycles. The summed E-state index contributed by atoms with van der Waals surface area (Å²) >= 11 is 0. The average Bonchev–Trinajstić information content (AvgIpc) is 2.27. The summed E-state index contributed by atoms with van der Waals surface area (Å²) in [7, 11) is 1.37. The fraction of sp³-hybridized carbons (Fsp3) is 0.364. The third-order valence-corrected chi connectivity index (χ3v) is 2.47. The van der Waals surface area contributed by atoms with Crippen LogP contribution >= 0.6 is 0 Å². The van der Waals surface area contributed by atoms with E-state index < -0.39 is 5.97 Å². The van der Waals surface area contributed by atoms with Crippen LogP contribution in [0.3, 0.4) is 0 Å². The van der Waals surface area contributed by atoms with Gasteiger partial charge in [0, 0.05) is 0 Å². The smallest absolute Gasteiger partial charge is 0.339 e. The van der Waals surface area contributed by atoms with Crippen molar-refractivity contribution in [2.75, 3.05) is 13.7 Å². The van der Waals surface area contributed by atoms with E-state index in [1.54, 1.807) is 6.07 Å². The van der Waals surface area contributed by atoms with Gasteiger partial charge >= 0.3 is 5.97 Å². The number of hydrogen-bond donors (Lipinski definition) is 3. The van der Waals surface area contributed by atoms with E-state index in [0.717, 1.165) is 5.56 Å². The first-order chi connectivity index (χ1) is 7.51. The van der Waals surface area contributed by atoms with Gasteiger partial charge in [-0.2, -0.15) is 0 Å². The Kier molecular flexibility index (Phi) is 3.73. The summed E-state index contributed by atoms with van der Waals surface area (Å²) in [6.45, 7) is 2.27. The van der Waals surface area contributed by atoms with Crippen LogP contribution in [-0.2, 0) is 0 Å². The summed E-state index contributed by atoms with van der Waals surface area (Å²) in [4.78, 5) is 10.9. The minimum atomic E-state index is -1.19. The summed E-state index contributed by atoms with van der Waals surface area (Å²) in [5.41, 5.74) is 6.07. The lowest BCUT2D eigenvalue weighted by Crippen LogP contribution is -2.10. The highest BCUT2D eigenvalue weighted by molar-refractivity contribution is 5.92. The minimum Gasteiger partial charge on any atom is -0.504 e. The molecule has 5 heteroatoms. The van der Waals surface area contributed by atoms with Gasteiger partial charge in [0.1, 0.15) is 5.56 Å². The molecule has 5 nitrogen and oxygen atoms in total. The normalized spacial score (nSPS) is 12.2. The third kappa shape index (κ3) is 2.25. The van der Waals surface area contributed by atoms with E-state index in [1.807, 2.05) is 6.92 Å². The zero-order valence-electron chi connectivity index (χ0n) is 9.23. The van der Waals surface area contributed by atoms with E-state index in [2.05, 4.69) is 0 Å². The zero-order chi connectivity index (χ0) is 12.3. The van der Waals surface area contributed by atoms with E-state index in [0.29, 0.717) is 6.54 Å². The molecule has 0 radical (unpaired) electrons. The molecule has 88 valence electrons. The predicted molar refractivity (Wildman–Crippen MR) is 59.1 cm³/mol. The van der Waals surface area contributed by atoms with E-state index in [9.17, 15) is 9.90 Å². The van der Waals surface area contributed by atoms with Crippen molar-refractivity contribution in [2.45, 2.75) is 12.8 Å². The number of aromatic hydroxyl groups is 1. The van der Waals surface area contributed by atoms with Crippen molar-refractivity contribution in [2.24, 2.45) is 5.73 Å². The van der Waals surface area contributed by atoms with Gasteiger partial charge in [-0.05, 0) is 30.2 Å². The molecule has 1 unspecified atom stereocenters. The number of carboxylic acids is 1. The number of aromatic carboxylic acids is 1. The van der Waals surface area contributed by atoms with Gasteiger partial charge in [-0.15, -0.1) is 0 Å². The third-order valence-electron chi connectivity index (χ3n) is 2.47. The van der Waals surface area contributed by atoms with Crippen LogP contribution in [-0.4, -0.2) is 29.8 Å². The van der Waals surface area contributed by atoms with Crippen LogP contribution in [0.1, 0.15) is 28.8 Å². The van der Waals surface area contributed by atoms with Crippen molar-refractivity contribution in [3.8, 4) is 11.5 Å². The lowest BCUT2D eigenvalue weighted by Gasteiger charge is -2.13. The van der Waals surface area contributed by atoms with Crippen molar-refractivity contribution in [1.29, 1.82) is 0 Å². The summed E-state index contributed by atoms with van der Waals surface area (Å²) in [5, 5.41) is 18.5. The maximum absolute atomic E-state index is 10.9. The van der Waals surface area contributed by atoms with Crippen molar-refractivity contribution in [3.05, 3.63) is 23.3 Å². The summed E-state index contributed by atoms with van der Waals surface area (Å²) in [6, 6.07) is 3.01. The molecule has 0 amide bonds. The number of hydrogen-bond acceptors (Lipinski definition) is 4. The molecule has 0 heterocycles. The molecule has 4 N–H and O–H groups in total. The lowest BCUT2D eigenvalue weighted by molar-refractivity contribution is 0.0693. The van der Waals surface area contributed by atoms with Gasteiger partial charge in [0.05, 0.1) is 7.11 Å². The van der Waals surface area contributed by atoms with Crippen LogP contribution in [0.2, 0.25) is 0 Å². The number of methoxy groups -OCH3 is 1. The Bertz CT molecular complexity index is 403. The molecule has 0 saturated heterocycles. The number of carbonyl (C=O) groups is 1. The first-order valence-electron chi connectivity index (χ1n) is 4.85. The largest absolute Gasteiger partial charge is 0.504 e. The molecule has 1 rings (SSSR count). The number of rotatable bonds is 4. The zero-order valence-corrected chi connectivity index (χ0v) is 9.23. The second kappa shape index (κ2) is 4.85. The number of nitrogens with two attached hydrogens (primary N) is 1. The Hall–Kier alpha value is -1.75. The topological polar surface area (TPSA) is 92.8 Å². The molecule has 0 aromatic heterocycles. The quantitative estimate of drug-likeness (QED) is 0.715. The SMILES string of the molecule is COc1cc(C(C)CN)cc(C(=O)O)c1O.